The van der Waals surface area contributed by atoms with Crippen molar-refractivity contribution >= 4 is 5.78 Å². The topological polar surface area (TPSA) is 50.2 Å². The summed E-state index contributed by atoms with van der Waals surface area (Å²) in [5.74, 6) is -0.0625. The van der Waals surface area contributed by atoms with Gasteiger partial charge >= 0.3 is 0 Å². The zero-order chi connectivity index (χ0) is 31.1. The Morgan fingerprint density at radius 1 is 0.696 bits per heavy atom. The van der Waals surface area contributed by atoms with E-state index in [0.717, 1.165) is 11.3 Å². The largest absolute Gasteiger partial charge is 0.512 e. The molecule has 2 aliphatic rings. The molecule has 8 rings (SSSR count). The molecule has 2 aliphatic carbocycles. The third kappa shape index (κ3) is 4.96. The second kappa shape index (κ2) is 12.5. The van der Waals surface area contributed by atoms with E-state index in [-0.39, 0.29) is 38.0 Å². The van der Waals surface area contributed by atoms with Crippen molar-refractivity contribution in [2.45, 2.75) is 26.2 Å². The van der Waals surface area contributed by atoms with Crippen LogP contribution in [0.25, 0.3) is 44.6 Å². The van der Waals surface area contributed by atoms with E-state index in [9.17, 15) is 4.79 Å². The predicted molar refractivity (Wildman–Crippen MR) is 182 cm³/mol. The third-order valence-corrected chi connectivity index (χ3v) is 8.82. The van der Waals surface area contributed by atoms with E-state index in [1.165, 1.54) is 81.1 Å². The van der Waals surface area contributed by atoms with Crippen LogP contribution in [0.5, 0.6) is 0 Å². The van der Waals surface area contributed by atoms with E-state index >= 15 is 0 Å². The van der Waals surface area contributed by atoms with Gasteiger partial charge in [0.1, 0.15) is 0 Å². The van der Waals surface area contributed by atoms with Crippen molar-refractivity contribution in [3.05, 3.63) is 173 Å². The summed E-state index contributed by atoms with van der Waals surface area (Å²) in [5.41, 5.74) is 16.1. The number of pyridine rings is 1. The van der Waals surface area contributed by atoms with Crippen LogP contribution in [0, 0.1) is 13.0 Å². The second-order valence-corrected chi connectivity index (χ2v) is 11.7. The number of aromatic nitrogens is 1. The molecule has 1 aromatic heterocycles. The van der Waals surface area contributed by atoms with Gasteiger partial charge in [-0.3, -0.25) is 4.79 Å². The van der Waals surface area contributed by atoms with E-state index in [4.69, 9.17) is 5.11 Å². The van der Waals surface area contributed by atoms with Gasteiger partial charge in [-0.05, 0) is 70.1 Å². The number of aliphatic hydroxyl groups is 1. The molecule has 1 N–H and O–H groups in total. The number of benzene rings is 5. The van der Waals surface area contributed by atoms with Gasteiger partial charge in [0, 0.05) is 33.3 Å². The number of aryl methyl sites for hydroxylation is 1. The van der Waals surface area contributed by atoms with Crippen molar-refractivity contribution in [2.75, 3.05) is 0 Å². The molecule has 0 radical (unpaired) electrons. The van der Waals surface area contributed by atoms with E-state index in [2.05, 4.69) is 121 Å². The zero-order valence-electron chi connectivity index (χ0n) is 25.8. The van der Waals surface area contributed by atoms with Gasteiger partial charge in [0.2, 0.25) is 0 Å². The van der Waals surface area contributed by atoms with E-state index in [1.807, 2.05) is 24.4 Å². The number of rotatable bonds is 3. The molecule has 4 heteroatoms. The van der Waals surface area contributed by atoms with E-state index in [1.54, 1.807) is 0 Å². The number of ketones is 1. The molecule has 0 bridgehead atoms. The van der Waals surface area contributed by atoms with Gasteiger partial charge in [0.25, 0.3) is 0 Å². The Morgan fingerprint density at radius 3 is 1.78 bits per heavy atom. The maximum atomic E-state index is 10.0. The molecule has 5 aromatic carbocycles. The SMILES string of the molecule is CC(=O)/C=C(/C)O.Cc1cc(-c2ccccn2)[c-]cc1-c1cccc2c1-c1ccccc1C21c2ccccc2-c2ccccc21.[Pt]. The monoisotopic (exact) mass is 777 g/mol. The van der Waals surface area contributed by atoms with Crippen LogP contribution in [0.4, 0.5) is 0 Å². The standard InChI is InChI=1S/C37H24N.C5H8O2.Pt/c1-24-23-25(35-19-8-9-22-38-35)20-21-26(24)29-14-10-18-34-36(29)30-13-4-7-17-33(30)37(34)31-15-5-2-11-27(31)28-12-3-6-16-32(28)37;1-4(6)3-5(2)7;/h2-19,21-23H,1H3;3,6H,1-2H3;/q-1;;/b;4-3-;. The van der Waals surface area contributed by atoms with Crippen LogP contribution in [-0.4, -0.2) is 15.9 Å². The fourth-order valence-corrected chi connectivity index (χ4v) is 7.22. The Kier molecular flexibility index (Phi) is 8.47. The number of hydrogen-bond acceptors (Lipinski definition) is 3. The molecular formula is C42H32NO2Pt-. The zero-order valence-corrected chi connectivity index (χ0v) is 28.1. The molecule has 0 atom stereocenters. The van der Waals surface area contributed by atoms with Crippen LogP contribution in [0.3, 0.4) is 0 Å². The van der Waals surface area contributed by atoms with Gasteiger partial charge in [-0.2, -0.15) is 0 Å². The van der Waals surface area contributed by atoms with Gasteiger partial charge in [0.15, 0.2) is 5.78 Å². The fourth-order valence-electron chi connectivity index (χ4n) is 7.22. The number of aliphatic hydroxyl groups excluding tert-OH is 1. The van der Waals surface area contributed by atoms with Crippen molar-refractivity contribution in [1.29, 1.82) is 0 Å². The first-order valence-electron chi connectivity index (χ1n) is 15.2. The molecule has 46 heavy (non-hydrogen) atoms. The molecule has 0 amide bonds. The number of carbonyl (C=O) groups is 1. The maximum Gasteiger partial charge on any atom is 0.155 e. The van der Waals surface area contributed by atoms with Crippen LogP contribution < -0.4 is 0 Å². The third-order valence-electron chi connectivity index (χ3n) is 8.82. The molecule has 1 spiro atoms. The molecule has 0 saturated carbocycles. The first-order chi connectivity index (χ1) is 21.9. The van der Waals surface area contributed by atoms with Gasteiger partial charge < -0.3 is 10.1 Å². The van der Waals surface area contributed by atoms with E-state index < -0.39 is 0 Å². The van der Waals surface area contributed by atoms with Crippen molar-refractivity contribution in [2.24, 2.45) is 0 Å². The van der Waals surface area contributed by atoms with Crippen LogP contribution in [0.15, 0.2) is 139 Å². The van der Waals surface area contributed by atoms with E-state index in [0.29, 0.717) is 0 Å². The second-order valence-electron chi connectivity index (χ2n) is 11.7. The predicted octanol–water partition coefficient (Wildman–Crippen LogP) is 9.90. The molecule has 1 heterocycles. The molecule has 3 nitrogen and oxygen atoms in total. The number of fused-ring (bicyclic) bond motifs is 10. The number of allylic oxidation sites excluding steroid dienone is 2. The van der Waals surface area contributed by atoms with Gasteiger partial charge in [0.05, 0.1) is 11.2 Å². The summed E-state index contributed by atoms with van der Waals surface area (Å²) in [4.78, 5) is 14.6. The first-order valence-corrected chi connectivity index (χ1v) is 15.2. The minimum atomic E-state index is -0.319. The summed E-state index contributed by atoms with van der Waals surface area (Å²) in [6, 6.07) is 47.7. The average molecular weight is 778 g/mol. The Hall–Kier alpha value is -4.85. The fraction of sp³-hybridized carbons (Fsp3) is 0.0952. The van der Waals surface area contributed by atoms with Gasteiger partial charge in [-0.1, -0.05) is 121 Å². The summed E-state index contributed by atoms with van der Waals surface area (Å²) >= 11 is 0. The summed E-state index contributed by atoms with van der Waals surface area (Å²) < 4.78 is 0. The quantitative estimate of drug-likeness (QED) is 0.110. The maximum absolute atomic E-state index is 10.0. The number of hydrogen-bond donors (Lipinski definition) is 1. The van der Waals surface area contributed by atoms with Crippen molar-refractivity contribution in [3.63, 3.8) is 0 Å². The Morgan fingerprint density at radius 2 is 1.24 bits per heavy atom. The van der Waals surface area contributed by atoms with Crippen molar-refractivity contribution in [3.8, 4) is 44.6 Å². The van der Waals surface area contributed by atoms with Gasteiger partial charge in [-0.25, -0.2) is 0 Å². The Balaban J connectivity index is 0.000000421. The summed E-state index contributed by atoms with van der Waals surface area (Å²) in [6.45, 7) is 5.05. The molecule has 0 unspecified atom stereocenters. The minimum absolute atomic E-state index is 0. The number of nitrogens with zero attached hydrogens (tertiary/aromatic N) is 1. The molecular weight excluding hydrogens is 746 g/mol. The smallest absolute Gasteiger partial charge is 0.155 e. The summed E-state index contributed by atoms with van der Waals surface area (Å²) in [5, 5.41) is 8.36. The summed E-state index contributed by atoms with van der Waals surface area (Å²) in [7, 11) is 0. The Bertz CT molecular complexity index is 2080. The van der Waals surface area contributed by atoms with Crippen molar-refractivity contribution < 1.29 is 31.0 Å². The molecule has 0 fully saturated rings. The molecule has 228 valence electrons. The van der Waals surface area contributed by atoms with Crippen LogP contribution >= 0.6 is 0 Å². The van der Waals surface area contributed by atoms with Crippen LogP contribution in [-0.2, 0) is 31.3 Å². The van der Waals surface area contributed by atoms with Crippen LogP contribution in [0.2, 0.25) is 0 Å². The Labute approximate surface area is 284 Å². The number of carbonyl (C=O) groups excluding carboxylic acids is 1. The first kappa shape index (κ1) is 31.1. The average Bonchev–Trinajstić information content (AvgIpc) is 3.53. The molecule has 0 saturated heterocycles. The van der Waals surface area contributed by atoms with Crippen LogP contribution in [0.1, 0.15) is 41.7 Å². The normalized spacial score (nSPS) is 13.0. The molecule has 6 aromatic rings. The minimum Gasteiger partial charge on any atom is -0.512 e. The van der Waals surface area contributed by atoms with Crippen molar-refractivity contribution in [1.82, 2.24) is 4.98 Å². The van der Waals surface area contributed by atoms with Gasteiger partial charge in [-0.15, -0.1) is 29.3 Å². The molecule has 0 aliphatic heterocycles. The summed E-state index contributed by atoms with van der Waals surface area (Å²) in [6.07, 6.45) is 3.00.